The molecule has 0 spiro atoms. The van der Waals surface area contributed by atoms with Crippen molar-refractivity contribution < 1.29 is 13.9 Å². The Morgan fingerprint density at radius 1 is 1.31 bits per heavy atom. The average Bonchev–Trinajstić information content (AvgIpc) is 3.07. The number of nitrogens with one attached hydrogen (secondary N) is 1. The fourth-order valence-corrected chi connectivity index (χ4v) is 3.42. The van der Waals surface area contributed by atoms with E-state index in [2.05, 4.69) is 10.3 Å². The summed E-state index contributed by atoms with van der Waals surface area (Å²) in [5.74, 6) is 0.410. The fourth-order valence-electron chi connectivity index (χ4n) is 3.25. The van der Waals surface area contributed by atoms with Crippen LogP contribution in [-0.4, -0.2) is 22.6 Å². The minimum absolute atomic E-state index is 0.00774. The zero-order chi connectivity index (χ0) is 18.3. The van der Waals surface area contributed by atoms with Crippen molar-refractivity contribution in [2.24, 2.45) is 0 Å². The molecule has 0 saturated carbocycles. The number of methoxy groups -OCH3 is 1. The van der Waals surface area contributed by atoms with Gasteiger partial charge in [-0.1, -0.05) is 29.8 Å². The Kier molecular flexibility index (Phi) is 4.12. The summed E-state index contributed by atoms with van der Waals surface area (Å²) in [6, 6.07) is 11.9. The number of imidazole rings is 1. The lowest BCUT2D eigenvalue weighted by Crippen LogP contribution is -2.25. The van der Waals surface area contributed by atoms with Crippen molar-refractivity contribution in [1.82, 2.24) is 9.55 Å². The molecule has 0 saturated heterocycles. The SMILES string of the molecule is COc1ccccc1[C@H]1CC(=O)Nc2c1ncn2-c1ccc(F)c(Cl)c1. The van der Waals surface area contributed by atoms with Gasteiger partial charge in [0.05, 0.1) is 23.5 Å². The van der Waals surface area contributed by atoms with Gasteiger partial charge in [-0.15, -0.1) is 0 Å². The van der Waals surface area contributed by atoms with Crippen LogP contribution in [0.1, 0.15) is 23.6 Å². The highest BCUT2D eigenvalue weighted by Gasteiger charge is 2.32. The molecular formula is C19H15ClFN3O2. The van der Waals surface area contributed by atoms with Crippen LogP contribution in [0.4, 0.5) is 10.2 Å². The Hall–Kier alpha value is -2.86. The molecule has 1 aliphatic heterocycles. The number of para-hydroxylation sites is 1. The molecule has 0 bridgehead atoms. The monoisotopic (exact) mass is 371 g/mol. The molecule has 0 radical (unpaired) electrons. The highest BCUT2D eigenvalue weighted by Crippen LogP contribution is 2.40. The molecule has 0 fully saturated rings. The molecule has 2 heterocycles. The molecule has 3 aromatic rings. The van der Waals surface area contributed by atoms with Crippen LogP contribution in [0.5, 0.6) is 5.75 Å². The average molecular weight is 372 g/mol. The van der Waals surface area contributed by atoms with Crippen LogP contribution < -0.4 is 10.1 Å². The van der Waals surface area contributed by atoms with Gasteiger partial charge in [-0.25, -0.2) is 9.37 Å². The van der Waals surface area contributed by atoms with Crippen molar-refractivity contribution in [3.05, 3.63) is 70.9 Å². The van der Waals surface area contributed by atoms with Crippen molar-refractivity contribution in [1.29, 1.82) is 0 Å². The van der Waals surface area contributed by atoms with Crippen LogP contribution >= 0.6 is 11.6 Å². The Bertz CT molecular complexity index is 1000. The van der Waals surface area contributed by atoms with E-state index in [0.717, 1.165) is 11.3 Å². The molecule has 2 aromatic carbocycles. The zero-order valence-electron chi connectivity index (χ0n) is 13.9. The van der Waals surface area contributed by atoms with E-state index in [-0.39, 0.29) is 23.3 Å². The summed E-state index contributed by atoms with van der Waals surface area (Å²) in [5, 5.41) is 2.87. The summed E-state index contributed by atoms with van der Waals surface area (Å²) in [6.45, 7) is 0. The molecule has 1 N–H and O–H groups in total. The van der Waals surface area contributed by atoms with Gasteiger partial charge in [0.25, 0.3) is 0 Å². The van der Waals surface area contributed by atoms with Gasteiger partial charge < -0.3 is 10.1 Å². The standard InChI is InChI=1S/C19H15ClFN3O2/c1-26-16-5-3-2-4-12(16)13-9-17(25)23-19-18(13)22-10-24(19)11-6-7-15(21)14(20)8-11/h2-8,10,13H,9H2,1H3,(H,23,25)/t13-/m1/s1. The fraction of sp³-hybridized carbons (Fsp3) is 0.158. The van der Waals surface area contributed by atoms with E-state index in [1.807, 2.05) is 24.3 Å². The molecule has 1 aliphatic rings. The van der Waals surface area contributed by atoms with E-state index < -0.39 is 5.82 Å². The number of anilines is 1. The molecular weight excluding hydrogens is 357 g/mol. The molecule has 7 heteroatoms. The maximum Gasteiger partial charge on any atom is 0.226 e. The smallest absolute Gasteiger partial charge is 0.226 e. The number of hydrogen-bond donors (Lipinski definition) is 1. The molecule has 0 aliphatic carbocycles. The summed E-state index contributed by atoms with van der Waals surface area (Å²) >= 11 is 5.89. The summed E-state index contributed by atoms with van der Waals surface area (Å²) in [6.07, 6.45) is 1.87. The highest BCUT2D eigenvalue weighted by atomic mass is 35.5. The zero-order valence-corrected chi connectivity index (χ0v) is 14.6. The predicted molar refractivity (Wildman–Crippen MR) is 96.6 cm³/mol. The van der Waals surface area contributed by atoms with Crippen LogP contribution in [0, 0.1) is 5.82 Å². The number of carbonyl (C=O) groups excluding carboxylic acids is 1. The maximum absolute atomic E-state index is 13.5. The van der Waals surface area contributed by atoms with E-state index >= 15 is 0 Å². The van der Waals surface area contributed by atoms with E-state index in [9.17, 15) is 9.18 Å². The lowest BCUT2D eigenvalue weighted by molar-refractivity contribution is -0.116. The lowest BCUT2D eigenvalue weighted by Gasteiger charge is -2.24. The van der Waals surface area contributed by atoms with E-state index in [0.29, 0.717) is 17.3 Å². The first-order valence-electron chi connectivity index (χ1n) is 8.04. The summed E-state index contributed by atoms with van der Waals surface area (Å²) in [4.78, 5) is 16.8. The normalized spacial score (nSPS) is 16.1. The Morgan fingerprint density at radius 2 is 2.12 bits per heavy atom. The molecule has 132 valence electrons. The van der Waals surface area contributed by atoms with Crippen molar-refractivity contribution in [3.63, 3.8) is 0 Å². The highest BCUT2D eigenvalue weighted by molar-refractivity contribution is 6.30. The van der Waals surface area contributed by atoms with Gasteiger partial charge >= 0.3 is 0 Å². The number of benzene rings is 2. The minimum atomic E-state index is -0.500. The Balaban J connectivity index is 1.84. The predicted octanol–water partition coefficient (Wildman–Crippen LogP) is 4.15. The second-order valence-corrected chi connectivity index (χ2v) is 6.40. The van der Waals surface area contributed by atoms with Gasteiger partial charge in [-0.05, 0) is 24.3 Å². The van der Waals surface area contributed by atoms with E-state index in [1.54, 1.807) is 24.1 Å². The lowest BCUT2D eigenvalue weighted by atomic mass is 9.89. The number of ether oxygens (including phenoxy) is 1. The second-order valence-electron chi connectivity index (χ2n) is 5.99. The van der Waals surface area contributed by atoms with Crippen molar-refractivity contribution in [2.45, 2.75) is 12.3 Å². The summed E-state index contributed by atoms with van der Waals surface area (Å²) in [7, 11) is 1.60. The first kappa shape index (κ1) is 16.6. The number of amides is 1. The topological polar surface area (TPSA) is 56.1 Å². The van der Waals surface area contributed by atoms with Crippen LogP contribution in [0.25, 0.3) is 5.69 Å². The third-order valence-corrected chi connectivity index (χ3v) is 4.76. The quantitative estimate of drug-likeness (QED) is 0.752. The van der Waals surface area contributed by atoms with Crippen molar-refractivity contribution in [2.75, 3.05) is 12.4 Å². The minimum Gasteiger partial charge on any atom is -0.496 e. The number of carbonyl (C=O) groups is 1. The third-order valence-electron chi connectivity index (χ3n) is 4.47. The summed E-state index contributed by atoms with van der Waals surface area (Å²) < 4.78 is 20.6. The first-order valence-corrected chi connectivity index (χ1v) is 8.41. The van der Waals surface area contributed by atoms with Gasteiger partial charge in [0, 0.05) is 17.9 Å². The number of nitrogens with zero attached hydrogens (tertiary/aromatic N) is 2. The molecule has 0 unspecified atom stereocenters. The number of fused-ring (bicyclic) bond motifs is 1. The molecule has 1 aromatic heterocycles. The Labute approximate surface area is 154 Å². The van der Waals surface area contributed by atoms with Gasteiger partial charge in [-0.2, -0.15) is 0 Å². The van der Waals surface area contributed by atoms with Crippen LogP contribution in [0.3, 0.4) is 0 Å². The van der Waals surface area contributed by atoms with Crippen molar-refractivity contribution in [3.8, 4) is 11.4 Å². The first-order chi connectivity index (χ1) is 12.6. The molecule has 1 amide bonds. The molecule has 1 atom stereocenters. The Morgan fingerprint density at radius 3 is 2.88 bits per heavy atom. The van der Waals surface area contributed by atoms with Gasteiger partial charge in [0.1, 0.15) is 23.7 Å². The van der Waals surface area contributed by atoms with Gasteiger partial charge in [0.15, 0.2) is 0 Å². The maximum atomic E-state index is 13.5. The van der Waals surface area contributed by atoms with Crippen LogP contribution in [0.15, 0.2) is 48.8 Å². The number of hydrogen-bond acceptors (Lipinski definition) is 3. The molecule has 26 heavy (non-hydrogen) atoms. The number of rotatable bonds is 3. The molecule has 4 rings (SSSR count). The third kappa shape index (κ3) is 2.72. The number of aromatic nitrogens is 2. The summed E-state index contributed by atoms with van der Waals surface area (Å²) in [5.41, 5.74) is 2.24. The van der Waals surface area contributed by atoms with E-state index in [4.69, 9.17) is 16.3 Å². The van der Waals surface area contributed by atoms with Crippen molar-refractivity contribution >= 4 is 23.3 Å². The van der Waals surface area contributed by atoms with E-state index in [1.165, 1.54) is 12.1 Å². The van der Waals surface area contributed by atoms with Gasteiger partial charge in [0.2, 0.25) is 5.91 Å². The molecule has 5 nitrogen and oxygen atoms in total. The second kappa shape index (κ2) is 6.46. The van der Waals surface area contributed by atoms with Crippen LogP contribution in [-0.2, 0) is 4.79 Å². The van der Waals surface area contributed by atoms with Crippen LogP contribution in [0.2, 0.25) is 5.02 Å². The largest absolute Gasteiger partial charge is 0.496 e. The number of halogens is 2. The van der Waals surface area contributed by atoms with Gasteiger partial charge in [-0.3, -0.25) is 9.36 Å².